The van der Waals surface area contributed by atoms with Crippen LogP contribution in [0.1, 0.15) is 11.6 Å². The van der Waals surface area contributed by atoms with Crippen LogP contribution in [0.15, 0.2) is 79.5 Å². The van der Waals surface area contributed by atoms with Crippen LogP contribution in [0.5, 0.6) is 17.2 Å². The van der Waals surface area contributed by atoms with Gasteiger partial charge in [-0.15, -0.1) is 0 Å². The number of nitrogens with two attached hydrogens (primary N) is 1. The number of aromatic amines is 1. The molecular weight excluding hydrogens is 592 g/mol. The number of H-pyrrole nitrogens is 1. The van der Waals surface area contributed by atoms with Gasteiger partial charge in [-0.3, -0.25) is 4.79 Å². The SMILES string of the molecule is COc1ccc(S(=O)(=O)c2c[nH]c3ccc(Oc4c(Br)cc([C@H](N)C(=O)O)cc4Br)cc23)cc1. The molecule has 4 N–H and O–H groups in total. The zero-order valence-corrected chi connectivity index (χ0v) is 21.6. The lowest BCUT2D eigenvalue weighted by Crippen LogP contribution is -2.20. The van der Waals surface area contributed by atoms with Gasteiger partial charge < -0.3 is 25.3 Å². The van der Waals surface area contributed by atoms with E-state index in [1.807, 2.05) is 0 Å². The number of benzene rings is 3. The summed E-state index contributed by atoms with van der Waals surface area (Å²) < 4.78 is 38.6. The Kier molecular flexibility index (Phi) is 6.72. The molecule has 0 unspecified atom stereocenters. The second-order valence-corrected chi connectivity index (χ2v) is 10.9. The minimum absolute atomic E-state index is 0.110. The molecule has 11 heteroatoms. The number of hydrogen-bond donors (Lipinski definition) is 3. The van der Waals surface area contributed by atoms with Gasteiger partial charge in [0.2, 0.25) is 9.84 Å². The first kappa shape index (κ1) is 24.3. The molecule has 0 aliphatic heterocycles. The molecule has 1 atom stereocenters. The normalized spacial score (nSPS) is 12.5. The van der Waals surface area contributed by atoms with Gasteiger partial charge in [0.1, 0.15) is 17.5 Å². The summed E-state index contributed by atoms with van der Waals surface area (Å²) in [4.78, 5) is 14.4. The minimum atomic E-state index is -3.81. The number of hydrogen-bond acceptors (Lipinski definition) is 6. The molecule has 0 aliphatic rings. The largest absolute Gasteiger partial charge is 0.497 e. The van der Waals surface area contributed by atoms with Gasteiger partial charge in [-0.05, 0) is 92.0 Å². The van der Waals surface area contributed by atoms with Crippen molar-refractivity contribution in [3.63, 3.8) is 0 Å². The molecule has 1 heterocycles. The number of aromatic nitrogens is 1. The van der Waals surface area contributed by atoms with E-state index in [1.165, 1.54) is 25.4 Å². The van der Waals surface area contributed by atoms with Crippen LogP contribution in [0.3, 0.4) is 0 Å². The van der Waals surface area contributed by atoms with E-state index in [2.05, 4.69) is 36.8 Å². The van der Waals surface area contributed by atoms with Crippen LogP contribution in [0.4, 0.5) is 0 Å². The molecule has 4 aromatic rings. The number of methoxy groups -OCH3 is 1. The van der Waals surface area contributed by atoms with E-state index >= 15 is 0 Å². The van der Waals surface area contributed by atoms with E-state index in [-0.39, 0.29) is 9.79 Å². The van der Waals surface area contributed by atoms with Crippen molar-refractivity contribution in [2.75, 3.05) is 7.11 Å². The third kappa shape index (κ3) is 4.56. The molecule has 0 bridgehead atoms. The quantitative estimate of drug-likeness (QED) is 0.255. The summed E-state index contributed by atoms with van der Waals surface area (Å²) in [6.45, 7) is 0. The minimum Gasteiger partial charge on any atom is -0.497 e. The highest BCUT2D eigenvalue weighted by Gasteiger charge is 2.23. The second kappa shape index (κ2) is 9.41. The fourth-order valence-corrected chi connectivity index (χ4v) is 6.16. The zero-order valence-electron chi connectivity index (χ0n) is 17.6. The van der Waals surface area contributed by atoms with Crippen molar-refractivity contribution in [1.29, 1.82) is 0 Å². The van der Waals surface area contributed by atoms with Crippen LogP contribution in [0.2, 0.25) is 0 Å². The number of rotatable bonds is 7. The van der Waals surface area contributed by atoms with Gasteiger partial charge in [0.25, 0.3) is 0 Å². The Bertz CT molecular complexity index is 1480. The Labute approximate surface area is 211 Å². The van der Waals surface area contributed by atoms with Gasteiger partial charge in [-0.25, -0.2) is 8.42 Å². The van der Waals surface area contributed by atoms with Crippen molar-refractivity contribution < 1.29 is 27.8 Å². The number of aliphatic carboxylic acids is 1. The van der Waals surface area contributed by atoms with E-state index in [9.17, 15) is 13.2 Å². The molecule has 0 radical (unpaired) electrons. The van der Waals surface area contributed by atoms with E-state index in [4.69, 9.17) is 20.3 Å². The first-order valence-corrected chi connectivity index (χ1v) is 12.8. The lowest BCUT2D eigenvalue weighted by molar-refractivity contribution is -0.138. The summed E-state index contributed by atoms with van der Waals surface area (Å²) in [6.07, 6.45) is 1.45. The molecule has 0 saturated heterocycles. The molecule has 3 aromatic carbocycles. The van der Waals surface area contributed by atoms with Gasteiger partial charge in [-0.2, -0.15) is 0 Å². The fourth-order valence-electron chi connectivity index (χ4n) is 3.36. The Morgan fingerprint density at radius 2 is 1.65 bits per heavy atom. The van der Waals surface area contributed by atoms with Crippen LogP contribution in [-0.4, -0.2) is 31.6 Å². The number of carboxylic acid groups (broad SMARTS) is 1. The molecule has 1 aromatic heterocycles. The fraction of sp³-hybridized carbons (Fsp3) is 0.0870. The number of fused-ring (bicyclic) bond motifs is 1. The van der Waals surface area contributed by atoms with Gasteiger partial charge in [-0.1, -0.05) is 0 Å². The van der Waals surface area contributed by atoms with Crippen molar-refractivity contribution in [3.8, 4) is 17.2 Å². The number of nitrogens with one attached hydrogen (secondary N) is 1. The van der Waals surface area contributed by atoms with Gasteiger partial charge in [0.15, 0.2) is 5.75 Å². The summed E-state index contributed by atoms with van der Waals surface area (Å²) in [6, 6.07) is 13.1. The lowest BCUT2D eigenvalue weighted by Gasteiger charge is -2.14. The number of carbonyl (C=O) groups is 1. The maximum atomic E-state index is 13.3. The highest BCUT2D eigenvalue weighted by molar-refractivity contribution is 9.11. The molecule has 4 rings (SSSR count). The van der Waals surface area contributed by atoms with Crippen LogP contribution in [0, 0.1) is 0 Å². The topological polar surface area (TPSA) is 132 Å². The molecule has 8 nitrogen and oxygen atoms in total. The number of halogens is 2. The maximum absolute atomic E-state index is 13.3. The third-order valence-electron chi connectivity index (χ3n) is 5.14. The van der Waals surface area contributed by atoms with Crippen molar-refractivity contribution >= 4 is 58.6 Å². The Balaban J connectivity index is 1.71. The van der Waals surface area contributed by atoms with E-state index in [0.29, 0.717) is 42.7 Å². The highest BCUT2D eigenvalue weighted by Crippen LogP contribution is 2.40. The number of ether oxygens (including phenoxy) is 2. The highest BCUT2D eigenvalue weighted by atomic mass is 79.9. The van der Waals surface area contributed by atoms with E-state index < -0.39 is 21.8 Å². The summed E-state index contributed by atoms with van der Waals surface area (Å²) in [5.74, 6) is 0.168. The maximum Gasteiger partial charge on any atom is 0.325 e. The second-order valence-electron chi connectivity index (χ2n) is 7.27. The van der Waals surface area contributed by atoms with Gasteiger partial charge in [0.05, 0.1) is 25.8 Å². The molecule has 0 aliphatic carbocycles. The molecule has 0 amide bonds. The van der Waals surface area contributed by atoms with E-state index in [1.54, 1.807) is 42.5 Å². The number of carboxylic acids is 1. The average Bonchev–Trinajstić information content (AvgIpc) is 3.25. The van der Waals surface area contributed by atoms with Crippen LogP contribution in [0.25, 0.3) is 10.9 Å². The molecule has 0 spiro atoms. The predicted octanol–water partition coefficient (Wildman–Crippen LogP) is 5.41. The number of sulfone groups is 1. The monoisotopic (exact) mass is 608 g/mol. The smallest absolute Gasteiger partial charge is 0.325 e. The zero-order chi connectivity index (χ0) is 24.6. The summed E-state index contributed by atoms with van der Waals surface area (Å²) in [5, 5.41) is 9.62. The van der Waals surface area contributed by atoms with Gasteiger partial charge in [0, 0.05) is 17.1 Å². The Morgan fingerprint density at radius 3 is 2.24 bits per heavy atom. The average molecular weight is 610 g/mol. The summed E-state index contributed by atoms with van der Waals surface area (Å²) in [5.41, 5.74) is 6.71. The first-order valence-electron chi connectivity index (χ1n) is 9.77. The molecule has 176 valence electrons. The van der Waals surface area contributed by atoms with Crippen molar-refractivity contribution in [2.24, 2.45) is 5.73 Å². The summed E-state index contributed by atoms with van der Waals surface area (Å²) in [7, 11) is -2.30. The van der Waals surface area contributed by atoms with Crippen molar-refractivity contribution in [3.05, 3.63) is 75.3 Å². The first-order chi connectivity index (χ1) is 16.1. The molecule has 0 fully saturated rings. The van der Waals surface area contributed by atoms with Crippen molar-refractivity contribution in [1.82, 2.24) is 4.98 Å². The van der Waals surface area contributed by atoms with Gasteiger partial charge >= 0.3 is 5.97 Å². The molecule has 34 heavy (non-hydrogen) atoms. The molecular formula is C23H18Br2N2O6S. The van der Waals surface area contributed by atoms with Crippen LogP contribution >= 0.6 is 31.9 Å². The Morgan fingerprint density at radius 1 is 1.03 bits per heavy atom. The third-order valence-corrected chi connectivity index (χ3v) is 8.13. The van der Waals surface area contributed by atoms with Crippen molar-refractivity contribution in [2.45, 2.75) is 15.8 Å². The van der Waals surface area contributed by atoms with Crippen LogP contribution < -0.4 is 15.2 Å². The Hall–Kier alpha value is -2.86. The lowest BCUT2D eigenvalue weighted by atomic mass is 10.1. The molecule has 0 saturated carbocycles. The summed E-state index contributed by atoms with van der Waals surface area (Å²) >= 11 is 6.78. The predicted molar refractivity (Wildman–Crippen MR) is 133 cm³/mol. The van der Waals surface area contributed by atoms with E-state index in [0.717, 1.165) is 0 Å². The van der Waals surface area contributed by atoms with Crippen LogP contribution in [-0.2, 0) is 14.6 Å². The standard InChI is InChI=1S/C23H18Br2N2O6S/c1-32-13-2-5-15(6-3-13)34(30,31)20-11-27-19-7-4-14(10-16(19)20)33-22-17(24)8-12(9-18(22)25)21(26)23(28)29/h2-11,21,27H,26H2,1H3,(H,28,29)/t21-/m0/s1.